The topological polar surface area (TPSA) is 9.23 Å². The predicted octanol–water partition coefficient (Wildman–Crippen LogP) is 5.38. The highest BCUT2D eigenvalue weighted by Crippen LogP contribution is 2.25. The summed E-state index contributed by atoms with van der Waals surface area (Å²) in [5.74, 6) is 0.876. The van der Waals surface area contributed by atoms with Gasteiger partial charge in [0.05, 0.1) is 0 Å². The molecule has 0 atom stereocenters. The Labute approximate surface area is 127 Å². The molecular weight excluding hydrogens is 324 g/mol. The van der Waals surface area contributed by atoms with E-state index < -0.39 is 0 Å². The monoisotopic (exact) mass is 338 g/mol. The van der Waals surface area contributed by atoms with Crippen LogP contribution in [0, 0.1) is 0 Å². The molecule has 2 rings (SSSR count). The van der Waals surface area contributed by atoms with Gasteiger partial charge in [0.15, 0.2) is 0 Å². The molecule has 0 aliphatic carbocycles. The summed E-state index contributed by atoms with van der Waals surface area (Å²) in [7, 11) is 0. The minimum atomic E-state index is 0.575. The van der Waals surface area contributed by atoms with E-state index in [-0.39, 0.29) is 0 Å². The van der Waals surface area contributed by atoms with Gasteiger partial charge in [0.2, 0.25) is 0 Å². The van der Waals surface area contributed by atoms with Crippen molar-refractivity contribution >= 4 is 27.5 Å². The number of hydrogen-bond donors (Lipinski definition) is 0. The van der Waals surface area contributed by atoms with E-state index in [1.807, 2.05) is 18.2 Å². The van der Waals surface area contributed by atoms with E-state index in [2.05, 4.69) is 47.1 Å². The fourth-order valence-electron chi connectivity index (χ4n) is 1.83. The maximum absolute atomic E-state index is 5.97. The Kier molecular flexibility index (Phi) is 5.29. The summed E-state index contributed by atoms with van der Waals surface area (Å²) in [4.78, 5) is 0. The van der Waals surface area contributed by atoms with Crippen LogP contribution in [0.2, 0.25) is 5.02 Å². The van der Waals surface area contributed by atoms with E-state index in [4.69, 9.17) is 16.3 Å². The molecule has 0 N–H and O–H groups in total. The van der Waals surface area contributed by atoms with Gasteiger partial charge in [-0.15, -0.1) is 0 Å². The summed E-state index contributed by atoms with van der Waals surface area (Å²) >= 11 is 9.42. The first kappa shape index (κ1) is 14.4. The summed E-state index contributed by atoms with van der Waals surface area (Å²) < 4.78 is 5.85. The molecule has 0 radical (unpaired) electrons. The first-order valence-electron chi connectivity index (χ1n) is 6.28. The summed E-state index contributed by atoms with van der Waals surface area (Å²) in [6.07, 6.45) is 1.06. The van der Waals surface area contributed by atoms with Crippen molar-refractivity contribution in [1.82, 2.24) is 0 Å². The van der Waals surface area contributed by atoms with Crippen LogP contribution >= 0.6 is 27.5 Å². The molecule has 0 heterocycles. The molecule has 3 heteroatoms. The summed E-state index contributed by atoms with van der Waals surface area (Å²) in [6.45, 7) is 2.73. The van der Waals surface area contributed by atoms with Gasteiger partial charge >= 0.3 is 0 Å². The molecule has 100 valence electrons. The number of alkyl halides is 1. The van der Waals surface area contributed by atoms with Crippen LogP contribution in [-0.4, -0.2) is 0 Å². The van der Waals surface area contributed by atoms with Gasteiger partial charge in [-0.05, 0) is 35.7 Å². The average molecular weight is 340 g/mol. The van der Waals surface area contributed by atoms with E-state index in [1.54, 1.807) is 0 Å². The molecule has 2 aromatic carbocycles. The Morgan fingerprint density at radius 1 is 1.05 bits per heavy atom. The Morgan fingerprint density at radius 2 is 1.74 bits per heavy atom. The van der Waals surface area contributed by atoms with Crippen molar-refractivity contribution in [2.75, 3.05) is 0 Å². The van der Waals surface area contributed by atoms with Crippen LogP contribution in [0.25, 0.3) is 0 Å². The van der Waals surface area contributed by atoms with Crippen LogP contribution in [0.15, 0.2) is 42.5 Å². The lowest BCUT2D eigenvalue weighted by molar-refractivity contribution is 0.304. The van der Waals surface area contributed by atoms with Gasteiger partial charge < -0.3 is 4.74 Å². The van der Waals surface area contributed by atoms with Crippen LogP contribution in [0.3, 0.4) is 0 Å². The Bertz CT molecular complexity index is 537. The molecule has 0 bridgehead atoms. The number of aryl methyl sites for hydroxylation is 1. The van der Waals surface area contributed by atoms with Crippen LogP contribution in [-0.2, 0) is 18.4 Å². The molecule has 1 nitrogen and oxygen atoms in total. The van der Waals surface area contributed by atoms with Crippen LogP contribution in [0.5, 0.6) is 5.75 Å². The van der Waals surface area contributed by atoms with E-state index in [0.717, 1.165) is 28.1 Å². The predicted molar refractivity (Wildman–Crippen MR) is 84.2 cm³/mol. The second-order valence-electron chi connectivity index (χ2n) is 4.34. The molecule has 0 aliphatic heterocycles. The van der Waals surface area contributed by atoms with Crippen molar-refractivity contribution in [3.8, 4) is 5.75 Å². The van der Waals surface area contributed by atoms with Gasteiger partial charge in [-0.25, -0.2) is 0 Å². The molecule has 0 aliphatic rings. The SMILES string of the molecule is CCc1ccc(COc2ccc(Cl)cc2CBr)cc1. The first-order chi connectivity index (χ1) is 9.22. The van der Waals surface area contributed by atoms with Crippen molar-refractivity contribution in [3.05, 3.63) is 64.2 Å². The number of rotatable bonds is 5. The quantitative estimate of drug-likeness (QED) is 0.665. The minimum absolute atomic E-state index is 0.575. The lowest BCUT2D eigenvalue weighted by Crippen LogP contribution is -1.98. The highest BCUT2D eigenvalue weighted by Gasteiger charge is 2.04. The van der Waals surface area contributed by atoms with Gasteiger partial charge in [-0.1, -0.05) is 58.7 Å². The number of benzene rings is 2. The van der Waals surface area contributed by atoms with Gasteiger partial charge in [-0.3, -0.25) is 0 Å². The maximum Gasteiger partial charge on any atom is 0.123 e. The van der Waals surface area contributed by atoms with E-state index in [9.17, 15) is 0 Å². The average Bonchev–Trinajstić information content (AvgIpc) is 2.46. The summed E-state index contributed by atoms with van der Waals surface area (Å²) in [6, 6.07) is 14.2. The van der Waals surface area contributed by atoms with E-state index in [1.165, 1.54) is 11.1 Å². The molecule has 2 aromatic rings. The zero-order chi connectivity index (χ0) is 13.7. The third-order valence-electron chi connectivity index (χ3n) is 2.99. The summed E-state index contributed by atoms with van der Waals surface area (Å²) in [5.41, 5.74) is 3.58. The highest BCUT2D eigenvalue weighted by molar-refractivity contribution is 9.08. The lowest BCUT2D eigenvalue weighted by atomic mass is 10.1. The Balaban J connectivity index is 2.05. The van der Waals surface area contributed by atoms with E-state index >= 15 is 0 Å². The lowest BCUT2D eigenvalue weighted by Gasteiger charge is -2.10. The van der Waals surface area contributed by atoms with Crippen molar-refractivity contribution in [1.29, 1.82) is 0 Å². The molecule has 0 saturated heterocycles. The van der Waals surface area contributed by atoms with Crippen LogP contribution in [0.1, 0.15) is 23.6 Å². The third-order valence-corrected chi connectivity index (χ3v) is 3.83. The Morgan fingerprint density at radius 3 is 2.37 bits per heavy atom. The van der Waals surface area contributed by atoms with E-state index in [0.29, 0.717) is 6.61 Å². The fourth-order valence-corrected chi connectivity index (χ4v) is 2.46. The van der Waals surface area contributed by atoms with Crippen molar-refractivity contribution in [2.24, 2.45) is 0 Å². The molecule has 0 unspecified atom stereocenters. The van der Waals surface area contributed by atoms with Crippen LogP contribution in [0.4, 0.5) is 0 Å². The maximum atomic E-state index is 5.97. The smallest absolute Gasteiger partial charge is 0.123 e. The van der Waals surface area contributed by atoms with Crippen LogP contribution < -0.4 is 4.74 Å². The standard InChI is InChI=1S/C16H16BrClO/c1-2-12-3-5-13(6-4-12)11-19-16-8-7-15(18)9-14(16)10-17/h3-9H,2,10-11H2,1H3. The van der Waals surface area contributed by atoms with Crippen molar-refractivity contribution in [2.45, 2.75) is 25.3 Å². The fraction of sp³-hybridized carbons (Fsp3) is 0.250. The molecule has 19 heavy (non-hydrogen) atoms. The largest absolute Gasteiger partial charge is 0.489 e. The number of ether oxygens (including phenoxy) is 1. The van der Waals surface area contributed by atoms with Gasteiger partial charge in [0.25, 0.3) is 0 Å². The van der Waals surface area contributed by atoms with Crippen molar-refractivity contribution < 1.29 is 4.74 Å². The minimum Gasteiger partial charge on any atom is -0.489 e. The molecule has 0 aromatic heterocycles. The molecule has 0 amide bonds. The number of hydrogen-bond acceptors (Lipinski definition) is 1. The zero-order valence-corrected chi connectivity index (χ0v) is 13.2. The summed E-state index contributed by atoms with van der Waals surface area (Å²) in [5, 5.41) is 1.46. The molecule has 0 fully saturated rings. The number of halogens is 2. The second-order valence-corrected chi connectivity index (χ2v) is 5.34. The Hall–Kier alpha value is -0.990. The zero-order valence-electron chi connectivity index (χ0n) is 10.8. The second kappa shape index (κ2) is 6.97. The van der Waals surface area contributed by atoms with Gasteiger partial charge in [0, 0.05) is 15.9 Å². The highest BCUT2D eigenvalue weighted by atomic mass is 79.9. The molecule has 0 spiro atoms. The first-order valence-corrected chi connectivity index (χ1v) is 7.78. The van der Waals surface area contributed by atoms with Gasteiger partial charge in [-0.2, -0.15) is 0 Å². The normalized spacial score (nSPS) is 10.5. The van der Waals surface area contributed by atoms with Crippen molar-refractivity contribution in [3.63, 3.8) is 0 Å². The molecular formula is C16H16BrClO. The van der Waals surface area contributed by atoms with Gasteiger partial charge in [0.1, 0.15) is 12.4 Å². The third kappa shape index (κ3) is 3.99. The molecule has 0 saturated carbocycles.